The zero-order valence-electron chi connectivity index (χ0n) is 15.8. The van der Waals surface area contributed by atoms with Crippen molar-refractivity contribution in [1.82, 2.24) is 10.2 Å². The number of alkyl halides is 3. The highest BCUT2D eigenvalue weighted by atomic mass is 19.4. The Labute approximate surface area is 166 Å². The van der Waals surface area contributed by atoms with Gasteiger partial charge < -0.3 is 10.1 Å². The highest BCUT2D eigenvalue weighted by molar-refractivity contribution is 5.98. The van der Waals surface area contributed by atoms with E-state index in [1.165, 1.54) is 31.2 Å². The molecule has 0 saturated carbocycles. The maximum absolute atomic E-state index is 14.4. The van der Waals surface area contributed by atoms with Gasteiger partial charge in [-0.3, -0.25) is 9.69 Å². The van der Waals surface area contributed by atoms with Crippen molar-refractivity contribution in [2.24, 2.45) is 0 Å². The van der Waals surface area contributed by atoms with Gasteiger partial charge in [-0.05, 0) is 36.6 Å². The van der Waals surface area contributed by atoms with Crippen molar-refractivity contribution in [1.29, 1.82) is 0 Å². The van der Waals surface area contributed by atoms with E-state index in [9.17, 15) is 22.8 Å². The smallest absolute Gasteiger partial charge is 0.436 e. The Morgan fingerprint density at radius 3 is 2.28 bits per heavy atom. The van der Waals surface area contributed by atoms with E-state index in [0.29, 0.717) is 12.0 Å². The summed E-state index contributed by atoms with van der Waals surface area (Å²) in [7, 11) is 0. The van der Waals surface area contributed by atoms with Crippen molar-refractivity contribution >= 4 is 11.9 Å². The average molecular weight is 406 g/mol. The minimum atomic E-state index is -5.10. The van der Waals surface area contributed by atoms with E-state index in [1.807, 2.05) is 17.4 Å². The molecule has 0 aliphatic carbocycles. The van der Waals surface area contributed by atoms with E-state index < -0.39 is 23.7 Å². The van der Waals surface area contributed by atoms with Gasteiger partial charge in [-0.15, -0.1) is 0 Å². The van der Waals surface area contributed by atoms with Gasteiger partial charge >= 0.3 is 12.1 Å². The number of fused-ring (bicyclic) bond motifs is 1. The molecule has 8 heteroatoms. The van der Waals surface area contributed by atoms with Crippen molar-refractivity contribution in [3.8, 4) is 0 Å². The van der Waals surface area contributed by atoms with Gasteiger partial charge in [0, 0.05) is 18.7 Å². The molecular formula is C21H21F3N2O3. The lowest BCUT2D eigenvalue weighted by Crippen LogP contribution is -2.74. The molecule has 1 atom stereocenters. The molecule has 1 amide bonds. The van der Waals surface area contributed by atoms with Crippen LogP contribution >= 0.6 is 0 Å². The second-order valence-electron chi connectivity index (χ2n) is 6.69. The number of carbonyl (C=O) groups excluding carboxylic acids is 2. The summed E-state index contributed by atoms with van der Waals surface area (Å²) in [6.45, 7) is 0.958. The van der Waals surface area contributed by atoms with Crippen molar-refractivity contribution in [3.63, 3.8) is 0 Å². The van der Waals surface area contributed by atoms with Crippen LogP contribution in [-0.4, -0.2) is 41.8 Å². The topological polar surface area (TPSA) is 58.6 Å². The standard InChI is InChI=1S/C21H21F3N2O3/c1-2-29-19(28)20(21(22,23)24,25-18(27)16-9-4-3-5-10-16)26-13-12-15-8-6-7-11-17(15)14-26/h3-11H,2,12-14H2,1H3,(H,25,27). The van der Waals surface area contributed by atoms with Crippen molar-refractivity contribution in [2.75, 3.05) is 13.2 Å². The van der Waals surface area contributed by atoms with Crippen LogP contribution in [0.25, 0.3) is 0 Å². The Hall–Kier alpha value is -2.87. The summed E-state index contributed by atoms with van der Waals surface area (Å²) in [6, 6.07) is 14.6. The van der Waals surface area contributed by atoms with E-state index in [2.05, 4.69) is 0 Å². The number of hydrogen-bond acceptors (Lipinski definition) is 4. The molecule has 0 fully saturated rings. The molecule has 0 bridgehead atoms. The summed E-state index contributed by atoms with van der Waals surface area (Å²) in [4.78, 5) is 26.3. The Morgan fingerprint density at radius 1 is 1.03 bits per heavy atom. The molecule has 1 aliphatic heterocycles. The molecule has 1 N–H and O–H groups in total. The fourth-order valence-corrected chi connectivity index (χ4v) is 3.47. The molecule has 1 unspecified atom stereocenters. The molecule has 3 rings (SSSR count). The first-order chi connectivity index (χ1) is 13.8. The third-order valence-electron chi connectivity index (χ3n) is 4.92. The van der Waals surface area contributed by atoms with E-state index in [-0.39, 0.29) is 25.3 Å². The van der Waals surface area contributed by atoms with E-state index in [1.54, 1.807) is 18.2 Å². The van der Waals surface area contributed by atoms with Crippen LogP contribution < -0.4 is 5.32 Å². The number of hydrogen-bond donors (Lipinski definition) is 1. The molecule has 0 radical (unpaired) electrons. The summed E-state index contributed by atoms with van der Waals surface area (Å²) in [5.74, 6) is -2.55. The Bertz CT molecular complexity index is 886. The fraction of sp³-hybridized carbons (Fsp3) is 0.333. The molecule has 1 aliphatic rings. The van der Waals surface area contributed by atoms with Crippen LogP contribution in [0, 0.1) is 0 Å². The van der Waals surface area contributed by atoms with Gasteiger partial charge in [0.05, 0.1) is 6.61 Å². The highest BCUT2D eigenvalue weighted by Crippen LogP contribution is 2.38. The lowest BCUT2D eigenvalue weighted by molar-refractivity contribution is -0.249. The molecule has 0 spiro atoms. The van der Waals surface area contributed by atoms with Crippen molar-refractivity contribution < 1.29 is 27.5 Å². The molecule has 2 aromatic rings. The summed E-state index contributed by atoms with van der Waals surface area (Å²) in [5, 5.41) is 1.96. The molecule has 29 heavy (non-hydrogen) atoms. The second kappa shape index (κ2) is 8.24. The quantitative estimate of drug-likeness (QED) is 0.775. The average Bonchev–Trinajstić information content (AvgIpc) is 2.71. The first kappa shape index (κ1) is 20.9. The number of benzene rings is 2. The third-order valence-corrected chi connectivity index (χ3v) is 4.92. The van der Waals surface area contributed by atoms with E-state index in [4.69, 9.17) is 4.74 Å². The van der Waals surface area contributed by atoms with Gasteiger partial charge in [0.1, 0.15) is 0 Å². The van der Waals surface area contributed by atoms with Crippen molar-refractivity contribution in [2.45, 2.75) is 31.7 Å². The van der Waals surface area contributed by atoms with Gasteiger partial charge in [-0.2, -0.15) is 13.2 Å². The number of ether oxygens (including phenoxy) is 1. The molecule has 0 aromatic heterocycles. The van der Waals surface area contributed by atoms with Gasteiger partial charge in [0.2, 0.25) is 0 Å². The second-order valence-corrected chi connectivity index (χ2v) is 6.69. The van der Waals surface area contributed by atoms with Gasteiger partial charge in [0.15, 0.2) is 0 Å². The number of nitrogens with zero attached hydrogens (tertiary/aromatic N) is 1. The van der Waals surface area contributed by atoms with Crippen LogP contribution in [0.5, 0.6) is 0 Å². The maximum Gasteiger partial charge on any atom is 0.436 e. The Morgan fingerprint density at radius 2 is 1.66 bits per heavy atom. The summed E-state index contributed by atoms with van der Waals surface area (Å²) >= 11 is 0. The third kappa shape index (κ3) is 3.98. The normalized spacial score (nSPS) is 16.4. The van der Waals surface area contributed by atoms with Crippen LogP contribution in [0.3, 0.4) is 0 Å². The number of rotatable bonds is 5. The Balaban J connectivity index is 2.05. The zero-order valence-corrected chi connectivity index (χ0v) is 15.8. The van der Waals surface area contributed by atoms with Crippen LogP contribution in [0.15, 0.2) is 54.6 Å². The first-order valence-corrected chi connectivity index (χ1v) is 9.23. The number of amides is 1. The minimum absolute atomic E-state index is 0.0165. The molecular weight excluding hydrogens is 385 g/mol. The van der Waals surface area contributed by atoms with Gasteiger partial charge in [-0.1, -0.05) is 42.5 Å². The summed E-state index contributed by atoms with van der Waals surface area (Å²) in [5.41, 5.74) is -1.68. The zero-order chi connectivity index (χ0) is 21.1. The van der Waals surface area contributed by atoms with Gasteiger partial charge in [-0.25, -0.2) is 4.79 Å². The molecule has 1 heterocycles. The van der Waals surface area contributed by atoms with Crippen molar-refractivity contribution in [3.05, 3.63) is 71.3 Å². The minimum Gasteiger partial charge on any atom is -0.463 e. The fourth-order valence-electron chi connectivity index (χ4n) is 3.47. The van der Waals surface area contributed by atoms with E-state index in [0.717, 1.165) is 10.5 Å². The SMILES string of the molecule is CCOC(=O)C(NC(=O)c1ccccc1)(N1CCc2ccccc2C1)C(F)(F)F. The van der Waals surface area contributed by atoms with Gasteiger partial charge in [0.25, 0.3) is 11.6 Å². The number of halogens is 3. The molecule has 5 nitrogen and oxygen atoms in total. The molecule has 154 valence electrons. The van der Waals surface area contributed by atoms with Crippen LogP contribution in [0.1, 0.15) is 28.4 Å². The first-order valence-electron chi connectivity index (χ1n) is 9.23. The summed E-state index contributed by atoms with van der Waals surface area (Å²) < 4.78 is 48.1. The van der Waals surface area contributed by atoms with Crippen LogP contribution in [0.2, 0.25) is 0 Å². The van der Waals surface area contributed by atoms with Crippen LogP contribution in [-0.2, 0) is 22.5 Å². The molecule has 2 aromatic carbocycles. The number of esters is 1. The lowest BCUT2D eigenvalue weighted by atomic mass is 9.95. The largest absolute Gasteiger partial charge is 0.463 e. The predicted molar refractivity (Wildman–Crippen MR) is 99.9 cm³/mol. The number of nitrogens with one attached hydrogen (secondary N) is 1. The lowest BCUT2D eigenvalue weighted by Gasteiger charge is -2.44. The maximum atomic E-state index is 14.4. The summed E-state index contributed by atoms with van der Waals surface area (Å²) in [6.07, 6.45) is -4.79. The highest BCUT2D eigenvalue weighted by Gasteiger charge is 2.66. The van der Waals surface area contributed by atoms with Crippen LogP contribution in [0.4, 0.5) is 13.2 Å². The monoisotopic (exact) mass is 406 g/mol. The molecule has 0 saturated heterocycles. The Kier molecular flexibility index (Phi) is 5.93. The number of carbonyl (C=O) groups is 2. The predicted octanol–water partition coefficient (Wildman–Crippen LogP) is 3.30. The van der Waals surface area contributed by atoms with E-state index >= 15 is 0 Å².